The van der Waals surface area contributed by atoms with Crippen LogP contribution in [0.2, 0.25) is 0 Å². The van der Waals surface area contributed by atoms with Gasteiger partial charge in [-0.05, 0) is 6.92 Å². The van der Waals surface area contributed by atoms with Crippen molar-refractivity contribution in [3.63, 3.8) is 0 Å². The molecule has 1 saturated heterocycles. The van der Waals surface area contributed by atoms with E-state index >= 15 is 0 Å². The maximum absolute atomic E-state index is 5.87. The molecular formula is C15H17NO2. The molecule has 3 nitrogen and oxygen atoms in total. The lowest BCUT2D eigenvalue weighted by Gasteiger charge is -2.28. The molecule has 3 heteroatoms. The highest BCUT2D eigenvalue weighted by Crippen LogP contribution is 2.34. The predicted octanol–water partition coefficient (Wildman–Crippen LogP) is 3.09. The van der Waals surface area contributed by atoms with Crippen molar-refractivity contribution in [3.8, 4) is 11.3 Å². The van der Waals surface area contributed by atoms with Crippen molar-refractivity contribution in [2.75, 3.05) is 31.2 Å². The van der Waals surface area contributed by atoms with Crippen molar-refractivity contribution in [2.45, 2.75) is 6.92 Å². The van der Waals surface area contributed by atoms with E-state index in [0.717, 1.165) is 43.4 Å². The largest absolute Gasteiger partial charge is 0.459 e. The van der Waals surface area contributed by atoms with Gasteiger partial charge in [0.05, 0.1) is 18.9 Å². The van der Waals surface area contributed by atoms with E-state index in [-0.39, 0.29) is 0 Å². The molecular weight excluding hydrogens is 226 g/mol. The third kappa shape index (κ3) is 2.14. The van der Waals surface area contributed by atoms with Crippen LogP contribution in [0.4, 0.5) is 5.69 Å². The molecule has 1 aromatic heterocycles. The Kier molecular flexibility index (Phi) is 3.07. The SMILES string of the molecule is Cc1cc(N2CCOCC2)c(-c2ccccc2)o1. The Morgan fingerprint density at radius 3 is 2.50 bits per heavy atom. The van der Waals surface area contributed by atoms with Crippen molar-refractivity contribution in [2.24, 2.45) is 0 Å². The quantitative estimate of drug-likeness (QED) is 0.810. The summed E-state index contributed by atoms with van der Waals surface area (Å²) in [7, 11) is 0. The van der Waals surface area contributed by atoms with Crippen LogP contribution in [0.25, 0.3) is 11.3 Å². The molecule has 0 N–H and O–H groups in total. The van der Waals surface area contributed by atoms with E-state index in [0.29, 0.717) is 0 Å². The molecule has 0 bridgehead atoms. The van der Waals surface area contributed by atoms with Crippen LogP contribution >= 0.6 is 0 Å². The maximum Gasteiger partial charge on any atom is 0.157 e. The standard InChI is InChI=1S/C15H17NO2/c1-12-11-14(16-7-9-17-10-8-16)15(18-12)13-5-3-2-4-6-13/h2-6,11H,7-10H2,1H3. The van der Waals surface area contributed by atoms with Crippen LogP contribution in [-0.2, 0) is 4.74 Å². The van der Waals surface area contributed by atoms with Crippen LogP contribution < -0.4 is 4.90 Å². The predicted molar refractivity (Wildman–Crippen MR) is 71.9 cm³/mol. The summed E-state index contributed by atoms with van der Waals surface area (Å²) < 4.78 is 11.3. The van der Waals surface area contributed by atoms with Gasteiger partial charge in [-0.25, -0.2) is 0 Å². The number of aryl methyl sites for hydroxylation is 1. The van der Waals surface area contributed by atoms with Crippen molar-refractivity contribution in [1.82, 2.24) is 0 Å². The Morgan fingerprint density at radius 1 is 1.06 bits per heavy atom. The van der Waals surface area contributed by atoms with E-state index in [1.54, 1.807) is 0 Å². The van der Waals surface area contributed by atoms with E-state index in [4.69, 9.17) is 9.15 Å². The Hall–Kier alpha value is -1.74. The third-order valence-electron chi connectivity index (χ3n) is 3.22. The lowest BCUT2D eigenvalue weighted by atomic mass is 10.1. The maximum atomic E-state index is 5.87. The second-order valence-electron chi connectivity index (χ2n) is 4.54. The number of morpholine rings is 1. The number of rotatable bonds is 2. The Balaban J connectivity index is 1.99. The zero-order valence-corrected chi connectivity index (χ0v) is 10.6. The van der Waals surface area contributed by atoms with Crippen molar-refractivity contribution >= 4 is 5.69 Å². The summed E-state index contributed by atoms with van der Waals surface area (Å²) in [6, 6.07) is 12.4. The molecule has 1 aliphatic heterocycles. The van der Waals surface area contributed by atoms with Crippen LogP contribution in [0.15, 0.2) is 40.8 Å². The molecule has 2 heterocycles. The first kappa shape index (κ1) is 11.4. The zero-order valence-electron chi connectivity index (χ0n) is 10.6. The van der Waals surface area contributed by atoms with Crippen LogP contribution in [0, 0.1) is 6.92 Å². The number of hydrogen-bond donors (Lipinski definition) is 0. The summed E-state index contributed by atoms with van der Waals surface area (Å²) in [5.74, 6) is 1.92. The highest BCUT2D eigenvalue weighted by Gasteiger charge is 2.19. The lowest BCUT2D eigenvalue weighted by molar-refractivity contribution is 0.122. The summed E-state index contributed by atoms with van der Waals surface area (Å²) >= 11 is 0. The second-order valence-corrected chi connectivity index (χ2v) is 4.54. The van der Waals surface area contributed by atoms with Gasteiger partial charge >= 0.3 is 0 Å². The smallest absolute Gasteiger partial charge is 0.157 e. The van der Waals surface area contributed by atoms with E-state index in [2.05, 4.69) is 23.1 Å². The second kappa shape index (κ2) is 4.86. The van der Waals surface area contributed by atoms with E-state index in [1.807, 2.05) is 25.1 Å². The fourth-order valence-electron chi connectivity index (χ4n) is 2.34. The summed E-state index contributed by atoms with van der Waals surface area (Å²) in [6.07, 6.45) is 0. The van der Waals surface area contributed by atoms with Gasteiger partial charge in [-0.15, -0.1) is 0 Å². The average molecular weight is 243 g/mol. The zero-order chi connectivity index (χ0) is 12.4. The molecule has 1 aliphatic rings. The van der Waals surface area contributed by atoms with E-state index in [9.17, 15) is 0 Å². The minimum absolute atomic E-state index is 0.790. The molecule has 94 valence electrons. The first-order valence-electron chi connectivity index (χ1n) is 6.33. The molecule has 1 aromatic carbocycles. The first-order chi connectivity index (χ1) is 8.84. The number of hydrogen-bond acceptors (Lipinski definition) is 3. The monoisotopic (exact) mass is 243 g/mol. The third-order valence-corrected chi connectivity index (χ3v) is 3.22. The summed E-state index contributed by atoms with van der Waals surface area (Å²) in [5.41, 5.74) is 2.31. The molecule has 3 rings (SSSR count). The van der Waals surface area contributed by atoms with Gasteiger partial charge < -0.3 is 14.1 Å². The number of anilines is 1. The fraction of sp³-hybridized carbons (Fsp3) is 0.333. The van der Waals surface area contributed by atoms with Gasteiger partial charge in [0.1, 0.15) is 5.76 Å². The average Bonchev–Trinajstić information content (AvgIpc) is 2.83. The van der Waals surface area contributed by atoms with Gasteiger partial charge in [-0.2, -0.15) is 0 Å². The molecule has 18 heavy (non-hydrogen) atoms. The normalized spacial score (nSPS) is 15.9. The first-order valence-corrected chi connectivity index (χ1v) is 6.33. The Morgan fingerprint density at radius 2 is 1.78 bits per heavy atom. The topological polar surface area (TPSA) is 25.6 Å². The molecule has 0 aliphatic carbocycles. The molecule has 1 fully saturated rings. The van der Waals surface area contributed by atoms with Gasteiger partial charge in [-0.1, -0.05) is 30.3 Å². The number of furan rings is 1. The highest BCUT2D eigenvalue weighted by atomic mass is 16.5. The number of ether oxygens (including phenoxy) is 1. The molecule has 0 atom stereocenters. The van der Waals surface area contributed by atoms with Crippen LogP contribution in [0.1, 0.15) is 5.76 Å². The Bertz CT molecular complexity index is 513. The summed E-state index contributed by atoms with van der Waals surface area (Å²) in [5, 5.41) is 0. The minimum Gasteiger partial charge on any atom is -0.459 e. The minimum atomic E-state index is 0.790. The number of nitrogens with zero attached hydrogens (tertiary/aromatic N) is 1. The molecule has 2 aromatic rings. The fourth-order valence-corrected chi connectivity index (χ4v) is 2.34. The molecule has 0 radical (unpaired) electrons. The van der Waals surface area contributed by atoms with Gasteiger partial charge in [0.2, 0.25) is 0 Å². The Labute approximate surface area is 107 Å². The van der Waals surface area contributed by atoms with Gasteiger partial charge in [0, 0.05) is 24.7 Å². The number of benzene rings is 1. The van der Waals surface area contributed by atoms with Crippen molar-refractivity contribution in [1.29, 1.82) is 0 Å². The molecule has 0 spiro atoms. The summed E-state index contributed by atoms with van der Waals surface area (Å²) in [4.78, 5) is 2.34. The summed E-state index contributed by atoms with van der Waals surface area (Å²) in [6.45, 7) is 5.44. The van der Waals surface area contributed by atoms with Gasteiger partial charge in [-0.3, -0.25) is 0 Å². The van der Waals surface area contributed by atoms with Crippen LogP contribution in [-0.4, -0.2) is 26.3 Å². The van der Waals surface area contributed by atoms with Crippen LogP contribution in [0.3, 0.4) is 0 Å². The van der Waals surface area contributed by atoms with Crippen molar-refractivity contribution in [3.05, 3.63) is 42.2 Å². The van der Waals surface area contributed by atoms with Gasteiger partial charge in [0.25, 0.3) is 0 Å². The molecule has 0 amide bonds. The molecule has 0 unspecified atom stereocenters. The molecule has 0 saturated carbocycles. The van der Waals surface area contributed by atoms with Crippen molar-refractivity contribution < 1.29 is 9.15 Å². The van der Waals surface area contributed by atoms with Gasteiger partial charge in [0.15, 0.2) is 5.76 Å². The van der Waals surface area contributed by atoms with Crippen LogP contribution in [0.5, 0.6) is 0 Å². The van der Waals surface area contributed by atoms with E-state index in [1.165, 1.54) is 5.69 Å². The van der Waals surface area contributed by atoms with E-state index < -0.39 is 0 Å². The highest BCUT2D eigenvalue weighted by molar-refractivity contribution is 5.74. The lowest BCUT2D eigenvalue weighted by Crippen LogP contribution is -2.36.